The number of carbonyl (C=O) groups is 1. The van der Waals surface area contributed by atoms with Crippen LogP contribution in [0.4, 0.5) is 0 Å². The lowest BCUT2D eigenvalue weighted by molar-refractivity contribution is -0.338. The standard InChI is InChI=1S/C30H33ClN2O12S/c31-17-7-3-1-5-15(17)18-10-9-14(42-18)11-32-33-28(41)16-6-2-4-8-21(16)46-30-26(40)24(38)27(20(13-35)44-30)45-29-25(39)23(37)22(36)19(12-34)43-29/h1-11,19-20,22-27,29-30,34-40H,12-13H2,(H,33,41)/b32-11+/t19-,20-,22+,23+,24-,25-,26-,27-,29+,30+/m1/s1. The molecule has 0 saturated carbocycles. The van der Waals surface area contributed by atoms with Gasteiger partial charge in [-0.05, 0) is 36.4 Å². The largest absolute Gasteiger partial charge is 0.455 e. The summed E-state index contributed by atoms with van der Waals surface area (Å²) in [6.07, 6.45) is -12.8. The third kappa shape index (κ3) is 7.46. The fraction of sp³-hybridized carbons (Fsp3) is 0.400. The van der Waals surface area contributed by atoms with Crippen LogP contribution in [-0.2, 0) is 14.2 Å². The molecule has 2 saturated heterocycles. The van der Waals surface area contributed by atoms with Crippen LogP contribution in [0.1, 0.15) is 16.1 Å². The van der Waals surface area contributed by atoms with Crippen LogP contribution in [0.25, 0.3) is 11.3 Å². The van der Waals surface area contributed by atoms with Gasteiger partial charge in [0.05, 0.1) is 30.0 Å². The summed E-state index contributed by atoms with van der Waals surface area (Å²) in [7, 11) is 0. The van der Waals surface area contributed by atoms with Crippen molar-refractivity contribution in [2.24, 2.45) is 5.10 Å². The fourth-order valence-electron chi connectivity index (χ4n) is 4.98. The lowest BCUT2D eigenvalue weighted by atomic mass is 9.97. The molecule has 5 rings (SSSR count). The summed E-state index contributed by atoms with van der Waals surface area (Å²) in [5, 5.41) is 76.2. The zero-order chi connectivity index (χ0) is 33.0. The highest BCUT2D eigenvalue weighted by molar-refractivity contribution is 8.00. The molecule has 1 amide bonds. The molecular weight excluding hydrogens is 648 g/mol. The number of aliphatic hydroxyl groups is 7. The Bertz CT molecular complexity index is 1510. The van der Waals surface area contributed by atoms with Crippen LogP contribution >= 0.6 is 23.4 Å². The molecule has 2 aromatic carbocycles. The monoisotopic (exact) mass is 680 g/mol. The number of hydrogen-bond donors (Lipinski definition) is 8. The van der Waals surface area contributed by atoms with E-state index in [1.807, 2.05) is 6.07 Å². The first-order valence-electron chi connectivity index (χ1n) is 14.1. The number of furan rings is 1. The summed E-state index contributed by atoms with van der Waals surface area (Å²) < 4.78 is 22.5. The summed E-state index contributed by atoms with van der Waals surface area (Å²) in [6.45, 7) is -1.39. The van der Waals surface area contributed by atoms with Gasteiger partial charge in [-0.15, -0.1) is 0 Å². The van der Waals surface area contributed by atoms with Gasteiger partial charge in [0.15, 0.2) is 6.29 Å². The van der Waals surface area contributed by atoms with Gasteiger partial charge in [0, 0.05) is 10.5 Å². The molecule has 0 spiro atoms. The SMILES string of the molecule is O=C(N/N=C/c1ccc(-c2ccccc2Cl)o1)c1ccccc1S[C@@H]1O[C@H](CO)[C@@H](O[C@@H]2O[C@H](CO)[C@H](O)[C@H](O)[C@H]2O)[C@H](O)[C@H]1O. The van der Waals surface area contributed by atoms with Crippen molar-refractivity contribution < 1.29 is 59.2 Å². The van der Waals surface area contributed by atoms with E-state index in [0.29, 0.717) is 27.0 Å². The van der Waals surface area contributed by atoms with Crippen molar-refractivity contribution in [3.63, 3.8) is 0 Å². The van der Waals surface area contributed by atoms with Crippen LogP contribution < -0.4 is 5.43 Å². The van der Waals surface area contributed by atoms with Crippen LogP contribution in [0.5, 0.6) is 0 Å². The number of nitrogens with zero attached hydrogens (tertiary/aromatic N) is 1. The molecule has 248 valence electrons. The maximum absolute atomic E-state index is 13.0. The Kier molecular flexibility index (Phi) is 11.5. The number of hydrogen-bond acceptors (Lipinski definition) is 14. The number of aliphatic hydroxyl groups excluding tert-OH is 7. The Labute approximate surface area is 271 Å². The van der Waals surface area contributed by atoms with E-state index in [9.17, 15) is 40.5 Å². The Morgan fingerprint density at radius 1 is 0.870 bits per heavy atom. The minimum Gasteiger partial charge on any atom is -0.455 e. The number of amides is 1. The molecule has 2 aliphatic rings. The minimum atomic E-state index is -1.78. The number of carbonyl (C=O) groups excluding carboxylic acids is 1. The van der Waals surface area contributed by atoms with Crippen molar-refractivity contribution in [1.29, 1.82) is 0 Å². The second kappa shape index (κ2) is 15.3. The molecule has 8 N–H and O–H groups in total. The average molecular weight is 681 g/mol. The Hall–Kier alpha value is -2.90. The van der Waals surface area contributed by atoms with Gasteiger partial charge in [-0.3, -0.25) is 4.79 Å². The number of nitrogens with one attached hydrogen (secondary N) is 1. The first kappa shape index (κ1) is 34.4. The van der Waals surface area contributed by atoms with E-state index in [1.54, 1.807) is 48.5 Å². The quantitative estimate of drug-likeness (QED) is 0.105. The Morgan fingerprint density at radius 3 is 2.33 bits per heavy atom. The van der Waals surface area contributed by atoms with Crippen molar-refractivity contribution >= 4 is 35.5 Å². The molecule has 0 bridgehead atoms. The first-order chi connectivity index (χ1) is 22.1. The molecule has 3 aromatic rings. The predicted octanol–water partition coefficient (Wildman–Crippen LogP) is 0.0801. The molecule has 16 heteroatoms. The lowest BCUT2D eigenvalue weighted by Crippen LogP contribution is -2.64. The number of hydrazone groups is 1. The second-order valence-corrected chi connectivity index (χ2v) is 12.0. The molecule has 3 heterocycles. The summed E-state index contributed by atoms with van der Waals surface area (Å²) in [4.78, 5) is 13.4. The summed E-state index contributed by atoms with van der Waals surface area (Å²) in [5.41, 5.74) is 2.11. The van der Waals surface area contributed by atoms with E-state index in [1.165, 1.54) is 12.3 Å². The van der Waals surface area contributed by atoms with Gasteiger partial charge in [0.1, 0.15) is 65.8 Å². The van der Waals surface area contributed by atoms with Gasteiger partial charge in [0.25, 0.3) is 5.91 Å². The summed E-state index contributed by atoms with van der Waals surface area (Å²) >= 11 is 7.13. The van der Waals surface area contributed by atoms with Crippen LogP contribution in [0.15, 0.2) is 75.1 Å². The molecule has 0 aliphatic carbocycles. The van der Waals surface area contributed by atoms with E-state index in [0.717, 1.165) is 11.8 Å². The second-order valence-electron chi connectivity index (χ2n) is 10.5. The molecule has 0 radical (unpaired) electrons. The fourth-order valence-corrected chi connectivity index (χ4v) is 6.40. The third-order valence-electron chi connectivity index (χ3n) is 7.46. The summed E-state index contributed by atoms with van der Waals surface area (Å²) in [6, 6.07) is 17.0. The normalized spacial score (nSPS) is 31.7. The van der Waals surface area contributed by atoms with Crippen LogP contribution in [-0.4, -0.2) is 122 Å². The van der Waals surface area contributed by atoms with Crippen molar-refractivity contribution in [1.82, 2.24) is 5.43 Å². The van der Waals surface area contributed by atoms with Gasteiger partial charge in [-0.2, -0.15) is 5.10 Å². The number of rotatable bonds is 10. The molecule has 10 atom stereocenters. The minimum absolute atomic E-state index is 0.173. The first-order valence-corrected chi connectivity index (χ1v) is 15.4. The van der Waals surface area contributed by atoms with Gasteiger partial charge in [0.2, 0.25) is 0 Å². The maximum atomic E-state index is 13.0. The number of halogens is 1. The Balaban J connectivity index is 1.23. The van der Waals surface area contributed by atoms with Gasteiger partial charge in [-0.25, -0.2) is 5.43 Å². The number of benzene rings is 2. The summed E-state index contributed by atoms with van der Waals surface area (Å²) in [5.74, 6) is 0.294. The highest BCUT2D eigenvalue weighted by Crippen LogP contribution is 2.37. The highest BCUT2D eigenvalue weighted by Gasteiger charge is 2.50. The average Bonchev–Trinajstić information content (AvgIpc) is 3.53. The molecule has 46 heavy (non-hydrogen) atoms. The lowest BCUT2D eigenvalue weighted by Gasteiger charge is -2.46. The van der Waals surface area contributed by atoms with E-state index in [2.05, 4.69) is 10.5 Å². The molecular formula is C30H33ClN2O12S. The van der Waals surface area contributed by atoms with Crippen LogP contribution in [0, 0.1) is 0 Å². The molecule has 1 aromatic heterocycles. The van der Waals surface area contributed by atoms with Crippen molar-refractivity contribution in [3.05, 3.63) is 77.0 Å². The number of ether oxygens (including phenoxy) is 3. The third-order valence-corrected chi connectivity index (χ3v) is 9.02. The molecule has 0 unspecified atom stereocenters. The van der Waals surface area contributed by atoms with Crippen molar-refractivity contribution in [2.75, 3.05) is 13.2 Å². The highest BCUT2D eigenvalue weighted by atomic mass is 35.5. The maximum Gasteiger partial charge on any atom is 0.272 e. The van der Waals surface area contributed by atoms with Crippen molar-refractivity contribution in [2.45, 2.75) is 65.5 Å². The molecule has 14 nitrogen and oxygen atoms in total. The van der Waals surface area contributed by atoms with E-state index in [-0.39, 0.29) is 5.56 Å². The number of thioether (sulfide) groups is 1. The van der Waals surface area contributed by atoms with Gasteiger partial charge >= 0.3 is 0 Å². The van der Waals surface area contributed by atoms with E-state index in [4.69, 9.17) is 30.2 Å². The van der Waals surface area contributed by atoms with E-state index >= 15 is 0 Å². The Morgan fingerprint density at radius 2 is 1.59 bits per heavy atom. The van der Waals surface area contributed by atoms with Gasteiger partial charge < -0.3 is 54.4 Å². The zero-order valence-corrected chi connectivity index (χ0v) is 25.5. The van der Waals surface area contributed by atoms with Crippen LogP contribution in [0.3, 0.4) is 0 Å². The zero-order valence-electron chi connectivity index (χ0n) is 23.9. The topological polar surface area (TPSA) is 224 Å². The molecule has 2 fully saturated rings. The smallest absolute Gasteiger partial charge is 0.272 e. The van der Waals surface area contributed by atoms with Gasteiger partial charge in [-0.1, -0.05) is 47.6 Å². The van der Waals surface area contributed by atoms with Crippen molar-refractivity contribution in [3.8, 4) is 11.3 Å². The molecule has 2 aliphatic heterocycles. The van der Waals surface area contributed by atoms with E-state index < -0.39 is 79.7 Å². The van der Waals surface area contributed by atoms with Crippen LogP contribution in [0.2, 0.25) is 5.02 Å². The predicted molar refractivity (Wildman–Crippen MR) is 163 cm³/mol.